The molecule has 6 atom stereocenters. The van der Waals surface area contributed by atoms with E-state index < -0.39 is 60.3 Å². The Morgan fingerprint density at radius 3 is 1.94 bits per heavy atom. The fourth-order valence-electron chi connectivity index (χ4n) is 3.49. The first-order valence-corrected chi connectivity index (χ1v) is 10.3. The molecule has 31 heavy (non-hydrogen) atoms. The van der Waals surface area contributed by atoms with Crippen LogP contribution < -0.4 is 5.73 Å². The monoisotopic (exact) mass is 447 g/mol. The van der Waals surface area contributed by atoms with Crippen LogP contribution in [0.2, 0.25) is 0 Å². The summed E-state index contributed by atoms with van der Waals surface area (Å²) in [5.74, 6) is -5.22. The summed E-state index contributed by atoms with van der Waals surface area (Å²) in [4.78, 5) is 46.7. The van der Waals surface area contributed by atoms with Crippen molar-refractivity contribution in [3.63, 3.8) is 0 Å². The number of carbonyl (C=O) groups is 4. The molecule has 0 saturated carbocycles. The zero-order valence-corrected chi connectivity index (χ0v) is 18.6. The fraction of sp³-hybridized carbons (Fsp3) is 0.800. The largest absolute Gasteiger partial charge is 0.455 e. The van der Waals surface area contributed by atoms with Crippen LogP contribution in [0.1, 0.15) is 66.7 Å². The molecule has 178 valence electrons. The quantitative estimate of drug-likeness (QED) is 0.210. The highest BCUT2D eigenvalue weighted by atomic mass is 16.7. The van der Waals surface area contributed by atoms with Gasteiger partial charge in [-0.3, -0.25) is 24.9 Å². The summed E-state index contributed by atoms with van der Waals surface area (Å²) in [7, 11) is 0. The molecule has 0 aromatic heterocycles. The third-order valence-corrected chi connectivity index (χ3v) is 4.64. The van der Waals surface area contributed by atoms with Crippen molar-refractivity contribution >= 4 is 23.9 Å². The average Bonchev–Trinajstić information content (AvgIpc) is 2.62. The number of hydrogen-bond acceptors (Lipinski definition) is 11. The molecule has 1 aliphatic rings. The van der Waals surface area contributed by atoms with Crippen LogP contribution in [0.15, 0.2) is 0 Å². The molecule has 1 heterocycles. The van der Waals surface area contributed by atoms with Crippen LogP contribution in [-0.4, -0.2) is 65.4 Å². The number of unbranched alkanes of at least 4 members (excludes halogenated alkanes) is 3. The number of ether oxygens (including phenoxy) is 5. The van der Waals surface area contributed by atoms with E-state index in [0.717, 1.165) is 47.0 Å². The third-order valence-electron chi connectivity index (χ3n) is 4.64. The predicted octanol–water partition coefficient (Wildman–Crippen LogP) is 0.687. The van der Waals surface area contributed by atoms with Crippen molar-refractivity contribution in [1.29, 1.82) is 0 Å². The molecule has 1 aliphatic heterocycles. The van der Waals surface area contributed by atoms with Gasteiger partial charge in [-0.25, -0.2) is 0 Å². The Hall–Kier alpha value is -2.24. The summed E-state index contributed by atoms with van der Waals surface area (Å²) in [6.45, 7) is 6.45. The van der Waals surface area contributed by atoms with Gasteiger partial charge >= 0.3 is 23.9 Å². The summed E-state index contributed by atoms with van der Waals surface area (Å²) in [5, 5.41) is 11.3. The highest BCUT2D eigenvalue weighted by Gasteiger charge is 2.60. The molecular weight excluding hydrogens is 414 g/mol. The van der Waals surface area contributed by atoms with Crippen LogP contribution in [0.3, 0.4) is 0 Å². The SMILES string of the molecule is CCCCCC[C@]1(O)O[C@H](C(N)OC(C)=O)[C@H](OC(C)=O)[C@H](OC(C)=O)[C@H]1OC(C)=O. The molecular formula is C20H33NO10. The first-order chi connectivity index (χ1) is 14.4. The molecule has 0 radical (unpaired) electrons. The lowest BCUT2D eigenvalue weighted by Crippen LogP contribution is -2.70. The van der Waals surface area contributed by atoms with E-state index in [2.05, 4.69) is 0 Å². The Morgan fingerprint density at radius 2 is 1.45 bits per heavy atom. The lowest BCUT2D eigenvalue weighted by molar-refractivity contribution is -0.360. The molecule has 0 spiro atoms. The number of rotatable bonds is 10. The normalized spacial score (nSPS) is 28.9. The minimum Gasteiger partial charge on any atom is -0.455 e. The molecule has 0 bridgehead atoms. The Kier molecular flexibility index (Phi) is 10.3. The molecule has 11 nitrogen and oxygen atoms in total. The third kappa shape index (κ3) is 8.08. The van der Waals surface area contributed by atoms with Crippen LogP contribution in [0.5, 0.6) is 0 Å². The van der Waals surface area contributed by atoms with Gasteiger partial charge in [0.2, 0.25) is 5.79 Å². The van der Waals surface area contributed by atoms with Gasteiger partial charge in [0.05, 0.1) is 0 Å². The van der Waals surface area contributed by atoms with E-state index in [0.29, 0.717) is 6.42 Å². The van der Waals surface area contributed by atoms with E-state index in [1.165, 1.54) is 0 Å². The smallest absolute Gasteiger partial charge is 0.304 e. The molecule has 3 N–H and O–H groups in total. The predicted molar refractivity (Wildman–Crippen MR) is 105 cm³/mol. The highest BCUT2D eigenvalue weighted by molar-refractivity contribution is 5.69. The van der Waals surface area contributed by atoms with Gasteiger partial charge in [0.25, 0.3) is 0 Å². The second-order valence-electron chi connectivity index (χ2n) is 7.49. The van der Waals surface area contributed by atoms with E-state index in [-0.39, 0.29) is 6.42 Å². The maximum atomic E-state index is 11.8. The fourth-order valence-corrected chi connectivity index (χ4v) is 3.49. The molecule has 0 amide bonds. The summed E-state index contributed by atoms with van der Waals surface area (Å²) < 4.78 is 26.6. The molecule has 1 unspecified atom stereocenters. The van der Waals surface area contributed by atoms with Gasteiger partial charge in [0.15, 0.2) is 30.6 Å². The van der Waals surface area contributed by atoms with Crippen LogP contribution in [-0.2, 0) is 42.9 Å². The van der Waals surface area contributed by atoms with E-state index in [9.17, 15) is 24.3 Å². The minimum atomic E-state index is -2.14. The molecule has 0 aliphatic carbocycles. The summed E-state index contributed by atoms with van der Waals surface area (Å²) in [6, 6.07) is 0. The van der Waals surface area contributed by atoms with Gasteiger partial charge in [-0.15, -0.1) is 0 Å². The van der Waals surface area contributed by atoms with Crippen molar-refractivity contribution in [2.24, 2.45) is 5.73 Å². The minimum absolute atomic E-state index is 0.00120. The zero-order valence-electron chi connectivity index (χ0n) is 18.6. The maximum Gasteiger partial charge on any atom is 0.304 e. The standard InChI is InChI=1S/C20H33NO10/c1-6-7-8-9-10-20(26)18(29-13(4)24)16(28-12(3)23)15(27-11(2)22)17(31-20)19(21)30-14(5)25/h15-19,26H,6-10,21H2,1-5H3/t15-,16+,17+,18-,19?,20+/m1/s1. The lowest BCUT2D eigenvalue weighted by Gasteiger charge is -2.49. The molecule has 1 saturated heterocycles. The van der Waals surface area contributed by atoms with Crippen molar-refractivity contribution in [2.75, 3.05) is 0 Å². The van der Waals surface area contributed by atoms with E-state index in [1.54, 1.807) is 0 Å². The zero-order chi connectivity index (χ0) is 23.8. The first kappa shape index (κ1) is 26.8. The Morgan fingerprint density at radius 1 is 0.903 bits per heavy atom. The van der Waals surface area contributed by atoms with Crippen molar-refractivity contribution in [1.82, 2.24) is 0 Å². The summed E-state index contributed by atoms with van der Waals surface area (Å²) >= 11 is 0. The van der Waals surface area contributed by atoms with Gasteiger partial charge in [-0.2, -0.15) is 0 Å². The van der Waals surface area contributed by atoms with E-state index in [4.69, 9.17) is 29.4 Å². The van der Waals surface area contributed by atoms with Crippen molar-refractivity contribution in [2.45, 2.75) is 103 Å². The number of nitrogens with two attached hydrogens (primary N) is 1. The Bertz CT molecular complexity index is 654. The topological polar surface area (TPSA) is 161 Å². The van der Waals surface area contributed by atoms with Crippen molar-refractivity contribution in [3.05, 3.63) is 0 Å². The van der Waals surface area contributed by atoms with Crippen LogP contribution >= 0.6 is 0 Å². The maximum absolute atomic E-state index is 11.8. The molecule has 1 fully saturated rings. The van der Waals surface area contributed by atoms with Gasteiger partial charge in [-0.1, -0.05) is 26.2 Å². The number of carbonyl (C=O) groups excluding carboxylic acids is 4. The second-order valence-corrected chi connectivity index (χ2v) is 7.49. The van der Waals surface area contributed by atoms with Crippen molar-refractivity contribution in [3.8, 4) is 0 Å². The number of aliphatic hydroxyl groups is 1. The van der Waals surface area contributed by atoms with Gasteiger partial charge in [0.1, 0.15) is 0 Å². The Labute approximate surface area is 181 Å². The van der Waals surface area contributed by atoms with E-state index in [1.807, 2.05) is 6.92 Å². The van der Waals surface area contributed by atoms with Gasteiger partial charge in [-0.05, 0) is 6.42 Å². The average molecular weight is 447 g/mol. The molecule has 0 aromatic rings. The summed E-state index contributed by atoms with van der Waals surface area (Å²) in [5.41, 5.74) is 5.93. The highest BCUT2D eigenvalue weighted by Crippen LogP contribution is 2.38. The number of esters is 4. The van der Waals surface area contributed by atoms with Crippen LogP contribution in [0.25, 0.3) is 0 Å². The first-order valence-electron chi connectivity index (χ1n) is 10.3. The lowest BCUT2D eigenvalue weighted by atomic mass is 9.88. The van der Waals surface area contributed by atoms with Gasteiger partial charge < -0.3 is 28.8 Å². The van der Waals surface area contributed by atoms with Gasteiger partial charge in [0, 0.05) is 34.1 Å². The number of hydrogen-bond donors (Lipinski definition) is 2. The molecule has 1 rings (SSSR count). The molecule has 11 heteroatoms. The van der Waals surface area contributed by atoms with Crippen molar-refractivity contribution < 1.29 is 48.0 Å². The summed E-state index contributed by atoms with van der Waals surface area (Å²) in [6.07, 6.45) is -4.19. The Balaban J connectivity index is 3.42. The van der Waals surface area contributed by atoms with Crippen LogP contribution in [0.4, 0.5) is 0 Å². The molecule has 0 aromatic carbocycles. The van der Waals surface area contributed by atoms with Crippen LogP contribution in [0, 0.1) is 0 Å². The van der Waals surface area contributed by atoms with E-state index >= 15 is 0 Å². The second kappa shape index (κ2) is 12.0.